The van der Waals surface area contributed by atoms with Gasteiger partial charge in [-0.2, -0.15) is 13.2 Å². The predicted octanol–water partition coefficient (Wildman–Crippen LogP) is 3.09. The first kappa shape index (κ1) is 18.7. The van der Waals surface area contributed by atoms with Crippen LogP contribution in [0.2, 0.25) is 0 Å². The summed E-state index contributed by atoms with van der Waals surface area (Å²) in [6.45, 7) is 0. The van der Waals surface area contributed by atoms with Crippen molar-refractivity contribution in [1.82, 2.24) is 10.4 Å². The molecule has 1 atom stereocenters. The van der Waals surface area contributed by atoms with Crippen LogP contribution in [0.1, 0.15) is 15.9 Å². The van der Waals surface area contributed by atoms with Crippen LogP contribution in [0.25, 0.3) is 5.70 Å². The van der Waals surface area contributed by atoms with E-state index in [1.54, 1.807) is 0 Å². The predicted molar refractivity (Wildman–Crippen MR) is 87.7 cm³/mol. The van der Waals surface area contributed by atoms with Crippen molar-refractivity contribution >= 4 is 11.6 Å². The number of rotatable bonds is 3. The fraction of sp³-hybridized carbons (Fsp3) is 0.167. The Morgan fingerprint density at radius 2 is 1.85 bits per heavy atom. The van der Waals surface area contributed by atoms with Crippen LogP contribution >= 0.6 is 0 Å². The lowest BCUT2D eigenvalue weighted by molar-refractivity contribution is -0.283. The van der Waals surface area contributed by atoms with Gasteiger partial charge in [0.25, 0.3) is 11.6 Å². The molecular weight excluding hydrogens is 368 g/mol. The first-order chi connectivity index (χ1) is 12.7. The molecule has 0 aromatic heterocycles. The van der Waals surface area contributed by atoms with E-state index in [1.165, 1.54) is 43.5 Å². The summed E-state index contributed by atoms with van der Waals surface area (Å²) in [4.78, 5) is 12.7. The van der Waals surface area contributed by atoms with Gasteiger partial charge in [-0.05, 0) is 48.0 Å². The Morgan fingerprint density at radius 3 is 2.44 bits per heavy atom. The zero-order valence-electron chi connectivity index (χ0n) is 13.9. The molecule has 0 radical (unpaired) electrons. The molecule has 9 heteroatoms. The van der Waals surface area contributed by atoms with Gasteiger partial charge < -0.3 is 9.84 Å². The lowest BCUT2D eigenvalue weighted by atomic mass is 10.1. The highest BCUT2D eigenvalue weighted by Crippen LogP contribution is 2.40. The number of benzene rings is 2. The minimum atomic E-state index is -5.18. The van der Waals surface area contributed by atoms with Gasteiger partial charge in [0, 0.05) is 11.6 Å². The first-order valence-electron chi connectivity index (χ1n) is 7.69. The molecular formula is C18H14F4N2O3. The SMILES string of the molecule is COc1cccc(C(=O)N2NC(c3ccc(F)cc3)=C[C@@]2(O)C(F)(F)F)c1. The highest BCUT2D eigenvalue weighted by molar-refractivity contribution is 5.96. The molecule has 0 bridgehead atoms. The molecule has 1 amide bonds. The summed E-state index contributed by atoms with van der Waals surface area (Å²) >= 11 is 0. The van der Waals surface area contributed by atoms with Crippen LogP contribution in [-0.4, -0.2) is 35.0 Å². The van der Waals surface area contributed by atoms with Gasteiger partial charge in [0.05, 0.1) is 12.8 Å². The van der Waals surface area contributed by atoms with Crippen molar-refractivity contribution in [2.24, 2.45) is 0 Å². The third-order valence-electron chi connectivity index (χ3n) is 4.01. The van der Waals surface area contributed by atoms with Gasteiger partial charge in [0.1, 0.15) is 11.6 Å². The van der Waals surface area contributed by atoms with Crippen molar-refractivity contribution in [2.75, 3.05) is 7.11 Å². The van der Waals surface area contributed by atoms with E-state index in [0.717, 1.165) is 12.1 Å². The van der Waals surface area contributed by atoms with Crippen molar-refractivity contribution in [3.05, 3.63) is 71.6 Å². The minimum Gasteiger partial charge on any atom is -0.497 e. The fourth-order valence-electron chi connectivity index (χ4n) is 2.58. The monoisotopic (exact) mass is 382 g/mol. The number of nitrogens with one attached hydrogen (secondary N) is 1. The Balaban J connectivity index is 2.01. The Hall–Kier alpha value is -3.07. The second-order valence-corrected chi connectivity index (χ2v) is 5.77. The second-order valence-electron chi connectivity index (χ2n) is 5.77. The topological polar surface area (TPSA) is 61.8 Å². The molecule has 142 valence electrons. The molecule has 0 spiro atoms. The molecule has 1 heterocycles. The third kappa shape index (κ3) is 3.33. The zero-order chi connectivity index (χ0) is 19.8. The summed E-state index contributed by atoms with van der Waals surface area (Å²) in [5, 5.41) is 10.4. The largest absolute Gasteiger partial charge is 0.497 e. The maximum absolute atomic E-state index is 13.6. The smallest absolute Gasteiger partial charge is 0.442 e. The molecule has 0 fully saturated rings. The van der Waals surface area contributed by atoms with Crippen LogP contribution in [-0.2, 0) is 0 Å². The summed E-state index contributed by atoms with van der Waals surface area (Å²) in [6.07, 6.45) is -4.71. The van der Waals surface area contributed by atoms with Gasteiger partial charge in [-0.25, -0.2) is 9.40 Å². The lowest BCUT2D eigenvalue weighted by Crippen LogP contribution is -2.60. The zero-order valence-corrected chi connectivity index (χ0v) is 13.9. The summed E-state index contributed by atoms with van der Waals surface area (Å²) in [6, 6.07) is 10.0. The number of hydrazine groups is 1. The van der Waals surface area contributed by atoms with Crippen molar-refractivity contribution in [1.29, 1.82) is 0 Å². The summed E-state index contributed by atoms with van der Waals surface area (Å²) < 4.78 is 58.7. The summed E-state index contributed by atoms with van der Waals surface area (Å²) in [5.74, 6) is -1.43. The number of hydrogen-bond donors (Lipinski definition) is 2. The van der Waals surface area contributed by atoms with Crippen molar-refractivity contribution in [3.63, 3.8) is 0 Å². The molecule has 2 N–H and O–H groups in total. The summed E-state index contributed by atoms with van der Waals surface area (Å²) in [7, 11) is 1.35. The molecule has 1 aliphatic heterocycles. The quantitative estimate of drug-likeness (QED) is 0.801. The Kier molecular flexibility index (Phi) is 4.56. The highest BCUT2D eigenvalue weighted by Gasteiger charge is 2.61. The van der Waals surface area contributed by atoms with Gasteiger partial charge in [-0.1, -0.05) is 6.07 Å². The van der Waals surface area contributed by atoms with Crippen LogP contribution in [0.15, 0.2) is 54.6 Å². The van der Waals surface area contributed by atoms with Crippen LogP contribution in [0.3, 0.4) is 0 Å². The van der Waals surface area contributed by atoms with Crippen molar-refractivity contribution < 1.29 is 32.2 Å². The van der Waals surface area contributed by atoms with Crippen LogP contribution in [0.5, 0.6) is 5.75 Å². The number of ether oxygens (including phenoxy) is 1. The minimum absolute atomic E-state index is 0.0838. The number of methoxy groups -OCH3 is 1. The number of carbonyl (C=O) groups excluding carboxylic acids is 1. The lowest BCUT2D eigenvalue weighted by Gasteiger charge is -2.33. The molecule has 2 aromatic rings. The third-order valence-corrected chi connectivity index (χ3v) is 4.01. The number of halogens is 4. The molecule has 3 rings (SSSR count). The average Bonchev–Trinajstić information content (AvgIpc) is 3.00. The van der Waals surface area contributed by atoms with E-state index < -0.39 is 23.6 Å². The highest BCUT2D eigenvalue weighted by atomic mass is 19.4. The van der Waals surface area contributed by atoms with Crippen molar-refractivity contribution in [3.8, 4) is 5.75 Å². The molecule has 0 saturated heterocycles. The van der Waals surface area contributed by atoms with E-state index in [4.69, 9.17) is 4.74 Å². The number of carbonyl (C=O) groups is 1. The van der Waals surface area contributed by atoms with E-state index in [-0.39, 0.29) is 27.6 Å². The maximum atomic E-state index is 13.6. The van der Waals surface area contributed by atoms with Gasteiger partial charge in [0.15, 0.2) is 0 Å². The van der Waals surface area contributed by atoms with Crippen LogP contribution in [0, 0.1) is 5.82 Å². The van der Waals surface area contributed by atoms with Gasteiger partial charge in [0.2, 0.25) is 0 Å². The number of nitrogens with zero attached hydrogens (tertiary/aromatic N) is 1. The second kappa shape index (κ2) is 6.58. The van der Waals surface area contributed by atoms with Gasteiger partial charge in [-0.15, -0.1) is 0 Å². The molecule has 0 aliphatic carbocycles. The van der Waals surface area contributed by atoms with Gasteiger partial charge >= 0.3 is 6.18 Å². The van der Waals surface area contributed by atoms with E-state index in [2.05, 4.69) is 5.43 Å². The molecule has 27 heavy (non-hydrogen) atoms. The maximum Gasteiger partial charge on any atom is 0.442 e. The van der Waals surface area contributed by atoms with E-state index in [0.29, 0.717) is 6.08 Å². The normalized spacial score (nSPS) is 19.5. The standard InChI is InChI=1S/C18H14F4N2O3/c1-27-14-4-2-3-12(9-14)16(25)24-17(26,18(20,21)22)10-15(23-24)11-5-7-13(19)8-6-11/h2-10,23,26H,1H3/t17-/m1/s1. The molecule has 0 unspecified atom stereocenters. The Bertz CT molecular complexity index is 896. The molecule has 5 nitrogen and oxygen atoms in total. The number of alkyl halides is 3. The Morgan fingerprint density at radius 1 is 1.19 bits per heavy atom. The average molecular weight is 382 g/mol. The van der Waals surface area contributed by atoms with Crippen LogP contribution in [0.4, 0.5) is 17.6 Å². The summed E-state index contributed by atoms with van der Waals surface area (Å²) in [5.41, 5.74) is -1.46. The number of amides is 1. The van der Waals surface area contributed by atoms with Gasteiger partial charge in [-0.3, -0.25) is 10.2 Å². The molecule has 1 aliphatic rings. The van der Waals surface area contributed by atoms with E-state index in [9.17, 15) is 27.5 Å². The van der Waals surface area contributed by atoms with Crippen LogP contribution < -0.4 is 10.2 Å². The molecule has 2 aromatic carbocycles. The number of aliphatic hydroxyl groups is 1. The first-order valence-corrected chi connectivity index (χ1v) is 7.69. The number of hydrogen-bond acceptors (Lipinski definition) is 4. The fourth-order valence-corrected chi connectivity index (χ4v) is 2.58. The van der Waals surface area contributed by atoms with E-state index in [1.807, 2.05) is 0 Å². The molecule has 0 saturated carbocycles. The van der Waals surface area contributed by atoms with Crippen molar-refractivity contribution in [2.45, 2.75) is 11.9 Å². The van der Waals surface area contributed by atoms with E-state index >= 15 is 0 Å². The Labute approximate surface area is 151 Å².